The minimum absolute atomic E-state index is 0.0169. The van der Waals surface area contributed by atoms with Crippen molar-refractivity contribution in [1.82, 2.24) is 15.0 Å². The number of aliphatic hydroxyl groups excluding tert-OH is 1. The van der Waals surface area contributed by atoms with Gasteiger partial charge in [0, 0.05) is 18.6 Å². The van der Waals surface area contributed by atoms with E-state index in [4.69, 9.17) is 0 Å². The highest BCUT2D eigenvalue weighted by molar-refractivity contribution is 7.89. The molecule has 0 saturated heterocycles. The van der Waals surface area contributed by atoms with E-state index in [1.54, 1.807) is 24.4 Å². The Bertz CT molecular complexity index is 845. The van der Waals surface area contributed by atoms with Crippen LogP contribution in [0.3, 0.4) is 0 Å². The summed E-state index contributed by atoms with van der Waals surface area (Å²) in [7, 11) is -2.31. The van der Waals surface area contributed by atoms with E-state index in [-0.39, 0.29) is 16.7 Å². The molecular weight excluding hydrogens is 362 g/mol. The van der Waals surface area contributed by atoms with E-state index >= 15 is 0 Å². The highest BCUT2D eigenvalue weighted by atomic mass is 32.2. The minimum Gasteiger partial charge on any atom is -0.393 e. The van der Waals surface area contributed by atoms with Crippen molar-refractivity contribution in [1.29, 1.82) is 0 Å². The number of sulfonamides is 1. The van der Waals surface area contributed by atoms with Crippen LogP contribution in [0.1, 0.15) is 34.2 Å². The molecule has 3 N–H and O–H groups in total. The molecule has 1 aliphatic rings. The minimum atomic E-state index is -3.81. The lowest BCUT2D eigenvalue weighted by molar-refractivity contribution is 0.0273. The van der Waals surface area contributed by atoms with E-state index in [1.807, 2.05) is 0 Å². The van der Waals surface area contributed by atoms with Crippen LogP contribution >= 0.6 is 11.3 Å². The number of carbonyl (C=O) groups is 1. The lowest BCUT2D eigenvalue weighted by Gasteiger charge is -2.37. The molecule has 2 aromatic rings. The summed E-state index contributed by atoms with van der Waals surface area (Å²) in [5, 5.41) is 13.5. The lowest BCUT2D eigenvalue weighted by atomic mass is 9.76. The van der Waals surface area contributed by atoms with Gasteiger partial charge in [0.05, 0.1) is 27.6 Å². The van der Waals surface area contributed by atoms with Crippen molar-refractivity contribution in [2.45, 2.75) is 29.9 Å². The zero-order chi connectivity index (χ0) is 18.0. The predicted molar refractivity (Wildman–Crippen MR) is 93.7 cm³/mol. The maximum Gasteiger partial charge on any atom is 0.261 e. The van der Waals surface area contributed by atoms with Gasteiger partial charge in [0.1, 0.15) is 0 Å². The van der Waals surface area contributed by atoms with Gasteiger partial charge in [-0.05, 0) is 37.0 Å². The first-order valence-corrected chi connectivity index (χ1v) is 10.2. The molecule has 1 amide bonds. The summed E-state index contributed by atoms with van der Waals surface area (Å²) in [6, 6.07) is 6.17. The van der Waals surface area contributed by atoms with Crippen LogP contribution in [-0.2, 0) is 10.0 Å². The molecule has 0 radical (unpaired) electrons. The SMILES string of the molecule is CNC(=O)c1cc(S(=O)(=O)NC(c2ccccn2)C2CC(O)C2)cs1. The number of pyridine rings is 1. The zero-order valence-corrected chi connectivity index (χ0v) is 15.2. The van der Waals surface area contributed by atoms with E-state index in [0.717, 1.165) is 11.3 Å². The van der Waals surface area contributed by atoms with Gasteiger partial charge in [-0.1, -0.05) is 6.07 Å². The number of thiophene rings is 1. The van der Waals surface area contributed by atoms with E-state index in [1.165, 1.54) is 18.5 Å². The van der Waals surface area contributed by atoms with Crippen molar-refractivity contribution < 1.29 is 18.3 Å². The quantitative estimate of drug-likeness (QED) is 0.699. The molecule has 134 valence electrons. The largest absolute Gasteiger partial charge is 0.393 e. The van der Waals surface area contributed by atoms with Crippen molar-refractivity contribution in [2.24, 2.45) is 5.92 Å². The van der Waals surface area contributed by atoms with Gasteiger partial charge in [0.2, 0.25) is 10.0 Å². The summed E-state index contributed by atoms with van der Waals surface area (Å²) in [4.78, 5) is 16.3. The molecule has 7 nitrogen and oxygen atoms in total. The lowest BCUT2D eigenvalue weighted by Crippen LogP contribution is -2.41. The summed E-state index contributed by atoms with van der Waals surface area (Å²) in [5.74, 6) is -0.341. The van der Waals surface area contributed by atoms with Crippen molar-refractivity contribution in [3.05, 3.63) is 46.4 Å². The van der Waals surface area contributed by atoms with Crippen LogP contribution in [0.4, 0.5) is 0 Å². The molecule has 0 aromatic carbocycles. The third-order valence-electron chi connectivity index (χ3n) is 4.25. The molecule has 2 heterocycles. The summed E-state index contributed by atoms with van der Waals surface area (Å²) in [6.45, 7) is 0. The average molecular weight is 381 g/mol. The second-order valence-electron chi connectivity index (χ2n) is 5.96. The summed E-state index contributed by atoms with van der Waals surface area (Å²) in [6.07, 6.45) is 2.26. The highest BCUT2D eigenvalue weighted by Crippen LogP contribution is 2.38. The molecule has 2 aromatic heterocycles. The van der Waals surface area contributed by atoms with Crippen LogP contribution < -0.4 is 10.0 Å². The van der Waals surface area contributed by atoms with Gasteiger partial charge in [-0.2, -0.15) is 0 Å². The van der Waals surface area contributed by atoms with Gasteiger partial charge in [0.25, 0.3) is 5.91 Å². The van der Waals surface area contributed by atoms with E-state index < -0.39 is 22.2 Å². The Kier molecular flexibility index (Phi) is 5.19. The van der Waals surface area contributed by atoms with Gasteiger partial charge in [-0.15, -0.1) is 11.3 Å². The molecule has 1 saturated carbocycles. The number of hydrogen-bond donors (Lipinski definition) is 3. The zero-order valence-electron chi connectivity index (χ0n) is 13.5. The van der Waals surface area contributed by atoms with Crippen molar-refractivity contribution >= 4 is 27.3 Å². The maximum absolute atomic E-state index is 12.7. The topological polar surface area (TPSA) is 108 Å². The molecule has 1 aliphatic carbocycles. The first-order valence-electron chi connectivity index (χ1n) is 7.82. The molecule has 25 heavy (non-hydrogen) atoms. The normalized spacial score (nSPS) is 21.4. The van der Waals surface area contributed by atoms with Crippen LogP contribution in [0.2, 0.25) is 0 Å². The molecule has 0 bridgehead atoms. The van der Waals surface area contributed by atoms with E-state index in [0.29, 0.717) is 23.4 Å². The van der Waals surface area contributed by atoms with Crippen molar-refractivity contribution in [2.75, 3.05) is 7.05 Å². The Labute approximate surface area is 150 Å². The number of amides is 1. The smallest absolute Gasteiger partial charge is 0.261 e. The van der Waals surface area contributed by atoms with Gasteiger partial charge in [-0.3, -0.25) is 9.78 Å². The van der Waals surface area contributed by atoms with Gasteiger partial charge in [-0.25, -0.2) is 13.1 Å². The molecule has 1 fully saturated rings. The number of rotatable bonds is 6. The van der Waals surface area contributed by atoms with Gasteiger partial charge < -0.3 is 10.4 Å². The Morgan fingerprint density at radius 2 is 2.16 bits per heavy atom. The number of aromatic nitrogens is 1. The number of nitrogens with zero attached hydrogens (tertiary/aromatic N) is 1. The fraction of sp³-hybridized carbons (Fsp3) is 0.375. The molecular formula is C16H19N3O4S2. The Morgan fingerprint density at radius 3 is 2.76 bits per heavy atom. The van der Waals surface area contributed by atoms with Gasteiger partial charge in [0.15, 0.2) is 0 Å². The van der Waals surface area contributed by atoms with Crippen LogP contribution in [0.15, 0.2) is 40.7 Å². The fourth-order valence-corrected chi connectivity index (χ4v) is 5.29. The van der Waals surface area contributed by atoms with E-state index in [2.05, 4.69) is 15.0 Å². The molecule has 0 spiro atoms. The number of carbonyl (C=O) groups excluding carboxylic acids is 1. The number of aliphatic hydroxyl groups is 1. The van der Waals surface area contributed by atoms with Crippen molar-refractivity contribution in [3.63, 3.8) is 0 Å². The molecule has 1 atom stereocenters. The number of hydrogen-bond acceptors (Lipinski definition) is 6. The number of nitrogens with one attached hydrogen (secondary N) is 2. The summed E-state index contributed by atoms with van der Waals surface area (Å²) >= 11 is 1.07. The molecule has 1 unspecified atom stereocenters. The Hall–Kier alpha value is -1.81. The monoisotopic (exact) mass is 381 g/mol. The second kappa shape index (κ2) is 7.20. The summed E-state index contributed by atoms with van der Waals surface area (Å²) in [5.41, 5.74) is 0.615. The molecule has 0 aliphatic heterocycles. The predicted octanol–water partition coefficient (Wildman–Crippen LogP) is 1.29. The Morgan fingerprint density at radius 1 is 1.40 bits per heavy atom. The molecule has 9 heteroatoms. The first-order chi connectivity index (χ1) is 11.9. The third-order valence-corrected chi connectivity index (χ3v) is 6.74. The first kappa shape index (κ1) is 18.0. The Balaban J connectivity index is 1.85. The van der Waals surface area contributed by atoms with E-state index in [9.17, 15) is 18.3 Å². The van der Waals surface area contributed by atoms with Crippen LogP contribution in [-0.4, -0.2) is 37.6 Å². The summed E-state index contributed by atoms with van der Waals surface area (Å²) < 4.78 is 28.2. The maximum atomic E-state index is 12.7. The second-order valence-corrected chi connectivity index (χ2v) is 8.59. The van der Waals surface area contributed by atoms with Crippen molar-refractivity contribution in [3.8, 4) is 0 Å². The highest BCUT2D eigenvalue weighted by Gasteiger charge is 2.38. The fourth-order valence-electron chi connectivity index (χ4n) is 2.80. The standard InChI is InChI=1S/C16H19N3O4S2/c1-17-16(21)14-8-12(9-24-14)25(22,23)19-15(10-6-11(20)7-10)13-4-2-3-5-18-13/h2-5,8-11,15,19-20H,6-7H2,1H3,(H,17,21). The average Bonchev–Trinajstić information content (AvgIpc) is 3.08. The van der Waals surface area contributed by atoms with Crippen LogP contribution in [0, 0.1) is 5.92 Å². The van der Waals surface area contributed by atoms with Crippen LogP contribution in [0.25, 0.3) is 0 Å². The molecule has 3 rings (SSSR count). The third kappa shape index (κ3) is 3.90. The van der Waals surface area contributed by atoms with Gasteiger partial charge >= 0.3 is 0 Å². The van der Waals surface area contributed by atoms with Crippen LogP contribution in [0.5, 0.6) is 0 Å².